The minimum absolute atomic E-state index is 0.0921. The first-order chi connectivity index (χ1) is 4.10. The van der Waals surface area contributed by atoms with Crippen LogP contribution < -0.4 is 5.09 Å². The van der Waals surface area contributed by atoms with Gasteiger partial charge in [0.05, 0.1) is 6.10 Å². The Morgan fingerprint density at radius 3 is 2.22 bits per heavy atom. The van der Waals surface area contributed by atoms with Gasteiger partial charge in [-0.2, -0.15) is 0 Å². The van der Waals surface area contributed by atoms with E-state index in [-0.39, 0.29) is 11.5 Å². The SMILES string of the molecule is CC1(C)C(O)[C@@H]1CNP. The maximum absolute atomic E-state index is 9.24. The largest absolute Gasteiger partial charge is 0.392 e. The molecule has 54 valence electrons. The minimum atomic E-state index is -0.0921. The van der Waals surface area contributed by atoms with Gasteiger partial charge in [-0.05, 0) is 5.41 Å². The zero-order valence-electron chi connectivity index (χ0n) is 5.89. The Morgan fingerprint density at radius 1 is 1.67 bits per heavy atom. The molecule has 0 aliphatic heterocycles. The van der Waals surface area contributed by atoms with Crippen molar-refractivity contribution in [3.05, 3.63) is 0 Å². The number of nitrogens with one attached hydrogen (secondary N) is 1. The fourth-order valence-electron chi connectivity index (χ4n) is 1.22. The highest BCUT2D eigenvalue weighted by molar-refractivity contribution is 7.13. The van der Waals surface area contributed by atoms with Gasteiger partial charge in [0.1, 0.15) is 0 Å². The Kier molecular flexibility index (Phi) is 1.81. The third-order valence-corrected chi connectivity index (χ3v) is 2.56. The average Bonchev–Trinajstić information content (AvgIpc) is 2.19. The highest BCUT2D eigenvalue weighted by Gasteiger charge is 2.56. The molecule has 2 N–H and O–H groups in total. The van der Waals surface area contributed by atoms with Gasteiger partial charge in [0, 0.05) is 12.5 Å². The molecule has 0 aromatic carbocycles. The summed E-state index contributed by atoms with van der Waals surface area (Å²) in [5.74, 6) is 0.454. The smallest absolute Gasteiger partial charge is 0.0641 e. The van der Waals surface area contributed by atoms with Crippen molar-refractivity contribution in [3.8, 4) is 0 Å². The number of rotatable bonds is 2. The first-order valence-electron chi connectivity index (χ1n) is 3.22. The minimum Gasteiger partial charge on any atom is -0.392 e. The van der Waals surface area contributed by atoms with E-state index in [1.165, 1.54) is 0 Å². The summed E-state index contributed by atoms with van der Waals surface area (Å²) < 4.78 is 0. The monoisotopic (exact) mass is 147 g/mol. The van der Waals surface area contributed by atoms with Gasteiger partial charge in [-0.15, -0.1) is 0 Å². The summed E-state index contributed by atoms with van der Waals surface area (Å²) in [5, 5.41) is 12.2. The Labute approximate surface area is 58.3 Å². The van der Waals surface area contributed by atoms with Crippen molar-refractivity contribution in [2.75, 3.05) is 6.54 Å². The molecular weight excluding hydrogens is 133 g/mol. The molecule has 0 heterocycles. The highest BCUT2D eigenvalue weighted by atomic mass is 31.0. The van der Waals surface area contributed by atoms with Gasteiger partial charge < -0.3 is 10.2 Å². The predicted octanol–water partition coefficient (Wildman–Crippen LogP) is 0.383. The lowest BCUT2D eigenvalue weighted by molar-refractivity contribution is 0.230. The summed E-state index contributed by atoms with van der Waals surface area (Å²) in [6.45, 7) is 5.08. The second kappa shape index (κ2) is 2.19. The van der Waals surface area contributed by atoms with Crippen molar-refractivity contribution in [2.24, 2.45) is 11.3 Å². The van der Waals surface area contributed by atoms with E-state index in [2.05, 4.69) is 28.3 Å². The number of hydrogen-bond donors (Lipinski definition) is 2. The van der Waals surface area contributed by atoms with E-state index in [4.69, 9.17) is 0 Å². The Morgan fingerprint density at radius 2 is 2.11 bits per heavy atom. The van der Waals surface area contributed by atoms with Crippen LogP contribution in [0.1, 0.15) is 13.8 Å². The molecule has 3 heteroatoms. The van der Waals surface area contributed by atoms with E-state index in [1.54, 1.807) is 0 Å². The molecule has 3 atom stereocenters. The highest BCUT2D eigenvalue weighted by Crippen LogP contribution is 2.51. The second-order valence-corrected chi connectivity index (χ2v) is 3.69. The molecule has 0 radical (unpaired) electrons. The maximum atomic E-state index is 9.24. The van der Waals surface area contributed by atoms with Crippen LogP contribution in [0.2, 0.25) is 0 Å². The van der Waals surface area contributed by atoms with Crippen molar-refractivity contribution in [1.29, 1.82) is 0 Å². The van der Waals surface area contributed by atoms with Gasteiger partial charge in [0.2, 0.25) is 0 Å². The fourth-order valence-corrected chi connectivity index (χ4v) is 1.47. The van der Waals surface area contributed by atoms with E-state index >= 15 is 0 Å². The molecule has 1 fully saturated rings. The molecule has 1 aliphatic carbocycles. The molecule has 1 rings (SSSR count). The lowest BCUT2D eigenvalue weighted by Crippen LogP contribution is -2.06. The molecule has 0 spiro atoms. The molecule has 0 amide bonds. The third-order valence-electron chi connectivity index (χ3n) is 2.33. The molecule has 0 bridgehead atoms. The molecule has 9 heavy (non-hydrogen) atoms. The van der Waals surface area contributed by atoms with Gasteiger partial charge in [0.15, 0.2) is 0 Å². The maximum Gasteiger partial charge on any atom is 0.0641 e. The molecular formula is C6H14NOP. The van der Waals surface area contributed by atoms with Crippen LogP contribution in [0.25, 0.3) is 0 Å². The van der Waals surface area contributed by atoms with E-state index < -0.39 is 0 Å². The first kappa shape index (κ1) is 7.46. The molecule has 0 aromatic rings. The van der Waals surface area contributed by atoms with Gasteiger partial charge in [0.25, 0.3) is 0 Å². The van der Waals surface area contributed by atoms with E-state index in [1.807, 2.05) is 0 Å². The molecule has 1 saturated carbocycles. The van der Waals surface area contributed by atoms with E-state index in [9.17, 15) is 5.11 Å². The Hall–Kier alpha value is 0.350. The molecule has 0 saturated heterocycles. The van der Waals surface area contributed by atoms with Crippen molar-refractivity contribution < 1.29 is 5.11 Å². The lowest BCUT2D eigenvalue weighted by Gasteiger charge is -1.98. The summed E-state index contributed by atoms with van der Waals surface area (Å²) in [7, 11) is 2.45. The normalized spacial score (nSPS) is 38.7. The van der Waals surface area contributed by atoms with Gasteiger partial charge >= 0.3 is 0 Å². The quantitative estimate of drug-likeness (QED) is 0.553. The second-order valence-electron chi connectivity index (χ2n) is 3.28. The fraction of sp³-hybridized carbons (Fsp3) is 1.00. The van der Waals surface area contributed by atoms with Crippen molar-refractivity contribution in [1.82, 2.24) is 5.09 Å². The van der Waals surface area contributed by atoms with Crippen molar-refractivity contribution in [2.45, 2.75) is 20.0 Å². The van der Waals surface area contributed by atoms with Crippen LogP contribution in [0.4, 0.5) is 0 Å². The van der Waals surface area contributed by atoms with Crippen LogP contribution in [-0.4, -0.2) is 17.8 Å². The summed E-state index contributed by atoms with van der Waals surface area (Å²) >= 11 is 0. The van der Waals surface area contributed by atoms with Crippen LogP contribution in [0.5, 0.6) is 0 Å². The van der Waals surface area contributed by atoms with Crippen LogP contribution in [0, 0.1) is 11.3 Å². The van der Waals surface area contributed by atoms with Crippen LogP contribution in [0.3, 0.4) is 0 Å². The van der Waals surface area contributed by atoms with Gasteiger partial charge in [-0.25, -0.2) is 0 Å². The van der Waals surface area contributed by atoms with E-state index in [0.29, 0.717) is 5.92 Å². The number of hydrogen-bond acceptors (Lipinski definition) is 2. The lowest BCUT2D eigenvalue weighted by atomic mass is 10.1. The van der Waals surface area contributed by atoms with Crippen molar-refractivity contribution in [3.63, 3.8) is 0 Å². The Bertz CT molecular complexity index is 116. The van der Waals surface area contributed by atoms with Gasteiger partial charge in [-0.1, -0.05) is 23.2 Å². The topological polar surface area (TPSA) is 32.3 Å². The van der Waals surface area contributed by atoms with Crippen LogP contribution in [-0.2, 0) is 0 Å². The van der Waals surface area contributed by atoms with Crippen LogP contribution in [0.15, 0.2) is 0 Å². The Balaban J connectivity index is 2.33. The van der Waals surface area contributed by atoms with Gasteiger partial charge in [-0.3, -0.25) is 0 Å². The molecule has 2 nitrogen and oxygen atoms in total. The summed E-state index contributed by atoms with van der Waals surface area (Å²) in [6.07, 6.45) is -0.0921. The third kappa shape index (κ3) is 1.12. The zero-order chi connectivity index (χ0) is 7.07. The standard InChI is InChI=1S/C6H14NOP/c1-6(2)4(3-7-9)5(6)8/h4-5,7-8H,3,9H2,1-2H3/t4-,5?/m0/s1. The molecule has 0 aromatic heterocycles. The molecule has 2 unspecified atom stereocenters. The zero-order valence-corrected chi connectivity index (χ0v) is 7.04. The number of aliphatic hydroxyl groups excluding tert-OH is 1. The summed E-state index contributed by atoms with van der Waals surface area (Å²) in [4.78, 5) is 0. The summed E-state index contributed by atoms with van der Waals surface area (Å²) in [6, 6.07) is 0. The summed E-state index contributed by atoms with van der Waals surface area (Å²) in [5.41, 5.74) is 0.156. The predicted molar refractivity (Wildman–Crippen MR) is 41.0 cm³/mol. The molecule has 1 aliphatic rings. The van der Waals surface area contributed by atoms with Crippen molar-refractivity contribution >= 4 is 9.39 Å². The van der Waals surface area contributed by atoms with E-state index in [0.717, 1.165) is 6.54 Å². The first-order valence-corrected chi connectivity index (χ1v) is 3.80. The number of aliphatic hydroxyl groups is 1. The average molecular weight is 147 g/mol. The van der Waals surface area contributed by atoms with Crippen LogP contribution >= 0.6 is 9.39 Å².